The molecule has 0 bridgehead atoms. The second-order valence-corrected chi connectivity index (χ2v) is 5.62. The highest BCUT2D eigenvalue weighted by Gasteiger charge is 2.25. The molecule has 0 spiro atoms. The Morgan fingerprint density at radius 1 is 1.59 bits per heavy atom. The summed E-state index contributed by atoms with van der Waals surface area (Å²) in [6, 6.07) is 5.41. The lowest BCUT2D eigenvalue weighted by atomic mass is 10.2. The SMILES string of the molecule is C[C@@H](NCc1cncn1C1CC1)c1cccs1. The van der Waals surface area contributed by atoms with Gasteiger partial charge in [0.1, 0.15) is 0 Å². The first kappa shape index (κ1) is 11.0. The Balaban J connectivity index is 1.61. The van der Waals surface area contributed by atoms with E-state index in [4.69, 9.17) is 0 Å². The molecule has 1 aliphatic carbocycles. The predicted molar refractivity (Wildman–Crippen MR) is 70.1 cm³/mol. The van der Waals surface area contributed by atoms with Gasteiger partial charge in [-0.2, -0.15) is 0 Å². The number of rotatable bonds is 5. The molecular formula is C13H17N3S. The molecule has 1 saturated carbocycles. The zero-order chi connectivity index (χ0) is 11.7. The van der Waals surface area contributed by atoms with E-state index >= 15 is 0 Å². The Bertz CT molecular complexity index is 471. The molecule has 4 heteroatoms. The summed E-state index contributed by atoms with van der Waals surface area (Å²) in [5.41, 5.74) is 1.30. The molecule has 0 aromatic carbocycles. The average Bonchev–Trinajstić information content (AvgIpc) is 2.87. The Morgan fingerprint density at radius 3 is 3.18 bits per heavy atom. The molecule has 0 radical (unpaired) electrons. The predicted octanol–water partition coefficient (Wildman–Crippen LogP) is 3.13. The van der Waals surface area contributed by atoms with Crippen LogP contribution in [0.1, 0.15) is 42.4 Å². The Labute approximate surface area is 106 Å². The summed E-state index contributed by atoms with van der Waals surface area (Å²) >= 11 is 1.81. The molecule has 1 aliphatic rings. The second-order valence-electron chi connectivity index (χ2n) is 4.64. The van der Waals surface area contributed by atoms with E-state index in [1.165, 1.54) is 23.4 Å². The van der Waals surface area contributed by atoms with Crippen molar-refractivity contribution < 1.29 is 0 Å². The van der Waals surface area contributed by atoms with Crippen LogP contribution in [0, 0.1) is 0 Å². The van der Waals surface area contributed by atoms with Crippen LogP contribution in [0.4, 0.5) is 0 Å². The van der Waals surface area contributed by atoms with Gasteiger partial charge in [-0.25, -0.2) is 4.98 Å². The van der Waals surface area contributed by atoms with Crippen molar-refractivity contribution in [3.05, 3.63) is 40.6 Å². The van der Waals surface area contributed by atoms with Crippen molar-refractivity contribution in [2.75, 3.05) is 0 Å². The summed E-state index contributed by atoms with van der Waals surface area (Å²) in [5.74, 6) is 0. The molecule has 1 N–H and O–H groups in total. The van der Waals surface area contributed by atoms with Crippen molar-refractivity contribution >= 4 is 11.3 Å². The Kier molecular flexibility index (Phi) is 2.99. The standard InChI is InChI=1S/C13H17N3S/c1-10(13-3-2-6-17-13)15-8-12-7-14-9-16(12)11-4-5-11/h2-3,6-7,9-11,15H,4-5,8H2,1H3/t10-/m1/s1. The fraction of sp³-hybridized carbons (Fsp3) is 0.462. The summed E-state index contributed by atoms with van der Waals surface area (Å²) < 4.78 is 2.31. The number of thiophene rings is 1. The summed E-state index contributed by atoms with van der Waals surface area (Å²) in [6.07, 6.45) is 6.56. The Morgan fingerprint density at radius 2 is 2.47 bits per heavy atom. The number of hydrogen-bond donors (Lipinski definition) is 1. The maximum absolute atomic E-state index is 4.25. The first-order valence-electron chi connectivity index (χ1n) is 6.12. The van der Waals surface area contributed by atoms with Gasteiger partial charge in [0.25, 0.3) is 0 Å². The molecule has 1 atom stereocenters. The number of nitrogens with one attached hydrogen (secondary N) is 1. The number of nitrogens with zero attached hydrogens (tertiary/aromatic N) is 2. The highest BCUT2D eigenvalue weighted by molar-refractivity contribution is 7.10. The van der Waals surface area contributed by atoms with Gasteiger partial charge in [-0.05, 0) is 31.2 Å². The molecular weight excluding hydrogens is 230 g/mol. The molecule has 0 unspecified atom stereocenters. The minimum absolute atomic E-state index is 0.414. The van der Waals surface area contributed by atoms with Crippen LogP contribution in [-0.2, 0) is 6.54 Å². The molecule has 17 heavy (non-hydrogen) atoms. The van der Waals surface area contributed by atoms with Gasteiger partial charge < -0.3 is 9.88 Å². The highest BCUT2D eigenvalue weighted by Crippen LogP contribution is 2.35. The van der Waals surface area contributed by atoms with Gasteiger partial charge >= 0.3 is 0 Å². The molecule has 0 saturated heterocycles. The van der Waals surface area contributed by atoms with Crippen LogP contribution in [-0.4, -0.2) is 9.55 Å². The lowest BCUT2D eigenvalue weighted by Crippen LogP contribution is -2.19. The largest absolute Gasteiger partial charge is 0.330 e. The number of hydrogen-bond acceptors (Lipinski definition) is 3. The zero-order valence-corrected chi connectivity index (χ0v) is 10.8. The van der Waals surface area contributed by atoms with E-state index in [-0.39, 0.29) is 0 Å². The van der Waals surface area contributed by atoms with Gasteiger partial charge in [0.15, 0.2) is 0 Å². The van der Waals surface area contributed by atoms with Crippen LogP contribution in [0.3, 0.4) is 0 Å². The van der Waals surface area contributed by atoms with E-state index in [1.54, 1.807) is 11.3 Å². The molecule has 0 amide bonds. The highest BCUT2D eigenvalue weighted by atomic mass is 32.1. The van der Waals surface area contributed by atoms with Crippen LogP contribution < -0.4 is 5.32 Å². The summed E-state index contributed by atoms with van der Waals surface area (Å²) in [7, 11) is 0. The van der Waals surface area contributed by atoms with Crippen LogP contribution in [0.25, 0.3) is 0 Å². The summed E-state index contributed by atoms with van der Waals surface area (Å²) in [5, 5.41) is 5.69. The normalized spacial score (nSPS) is 17.2. The van der Waals surface area contributed by atoms with Gasteiger partial charge in [-0.3, -0.25) is 0 Å². The lowest BCUT2D eigenvalue weighted by molar-refractivity contribution is 0.553. The van der Waals surface area contributed by atoms with E-state index in [1.807, 2.05) is 12.5 Å². The van der Waals surface area contributed by atoms with E-state index in [0.717, 1.165) is 6.54 Å². The van der Waals surface area contributed by atoms with E-state index in [9.17, 15) is 0 Å². The van der Waals surface area contributed by atoms with Crippen LogP contribution in [0.5, 0.6) is 0 Å². The average molecular weight is 247 g/mol. The number of imidazole rings is 1. The molecule has 2 aromatic rings. The first-order valence-corrected chi connectivity index (χ1v) is 7.00. The maximum atomic E-state index is 4.25. The third kappa shape index (κ3) is 2.42. The van der Waals surface area contributed by atoms with Gasteiger partial charge in [0, 0.05) is 29.7 Å². The fourth-order valence-electron chi connectivity index (χ4n) is 2.05. The van der Waals surface area contributed by atoms with Crippen LogP contribution >= 0.6 is 11.3 Å². The third-order valence-electron chi connectivity index (χ3n) is 3.25. The molecule has 3 rings (SSSR count). The zero-order valence-electron chi connectivity index (χ0n) is 9.97. The van der Waals surface area contributed by atoms with E-state index < -0.39 is 0 Å². The maximum Gasteiger partial charge on any atom is 0.0951 e. The Hall–Kier alpha value is -1.13. The molecule has 0 aliphatic heterocycles. The van der Waals surface area contributed by atoms with Crippen molar-refractivity contribution in [3.8, 4) is 0 Å². The minimum atomic E-state index is 0.414. The number of aromatic nitrogens is 2. The van der Waals surface area contributed by atoms with Crippen molar-refractivity contribution in [3.63, 3.8) is 0 Å². The van der Waals surface area contributed by atoms with E-state index in [2.05, 4.69) is 39.3 Å². The first-order chi connectivity index (χ1) is 8.34. The molecule has 2 aromatic heterocycles. The third-order valence-corrected chi connectivity index (χ3v) is 4.30. The van der Waals surface area contributed by atoms with E-state index in [0.29, 0.717) is 12.1 Å². The lowest BCUT2D eigenvalue weighted by Gasteiger charge is -2.13. The van der Waals surface area contributed by atoms with Crippen molar-refractivity contribution in [2.45, 2.75) is 38.4 Å². The van der Waals surface area contributed by atoms with Crippen LogP contribution in [0.2, 0.25) is 0 Å². The minimum Gasteiger partial charge on any atom is -0.330 e. The van der Waals surface area contributed by atoms with Gasteiger partial charge in [-0.1, -0.05) is 6.07 Å². The monoisotopic (exact) mass is 247 g/mol. The topological polar surface area (TPSA) is 29.9 Å². The van der Waals surface area contributed by atoms with Gasteiger partial charge in [-0.15, -0.1) is 11.3 Å². The van der Waals surface area contributed by atoms with Crippen molar-refractivity contribution in [1.82, 2.24) is 14.9 Å². The van der Waals surface area contributed by atoms with Gasteiger partial charge in [0.05, 0.1) is 12.0 Å². The molecule has 1 fully saturated rings. The second kappa shape index (κ2) is 4.63. The molecule has 2 heterocycles. The molecule has 3 nitrogen and oxygen atoms in total. The van der Waals surface area contributed by atoms with Gasteiger partial charge in [0.2, 0.25) is 0 Å². The quantitative estimate of drug-likeness (QED) is 0.879. The van der Waals surface area contributed by atoms with Crippen molar-refractivity contribution in [2.24, 2.45) is 0 Å². The van der Waals surface area contributed by atoms with Crippen LogP contribution in [0.15, 0.2) is 30.0 Å². The smallest absolute Gasteiger partial charge is 0.0951 e. The summed E-state index contributed by atoms with van der Waals surface area (Å²) in [4.78, 5) is 5.64. The molecule has 90 valence electrons. The fourth-order valence-corrected chi connectivity index (χ4v) is 2.81. The van der Waals surface area contributed by atoms with Crippen molar-refractivity contribution in [1.29, 1.82) is 0 Å². The summed E-state index contributed by atoms with van der Waals surface area (Å²) in [6.45, 7) is 3.11.